The van der Waals surface area contributed by atoms with Gasteiger partial charge in [0.2, 0.25) is 0 Å². The molecule has 0 aromatic carbocycles. The lowest BCUT2D eigenvalue weighted by Crippen LogP contribution is -2.44. The molecule has 1 aliphatic heterocycles. The van der Waals surface area contributed by atoms with E-state index in [1.807, 2.05) is 13.8 Å². The number of piperidine rings is 1. The summed E-state index contributed by atoms with van der Waals surface area (Å²) in [6, 6.07) is 0. The molecule has 2 nitrogen and oxygen atoms in total. The molecule has 12 heavy (non-hydrogen) atoms. The summed E-state index contributed by atoms with van der Waals surface area (Å²) >= 11 is 0. The van der Waals surface area contributed by atoms with Gasteiger partial charge in [0.25, 0.3) is 0 Å². The van der Waals surface area contributed by atoms with Crippen molar-refractivity contribution in [2.24, 2.45) is 5.92 Å². The maximum atomic E-state index is 10.1. The summed E-state index contributed by atoms with van der Waals surface area (Å²) < 4.78 is 0. The Labute approximate surface area is 74.7 Å². The fourth-order valence-electron chi connectivity index (χ4n) is 1.68. The van der Waals surface area contributed by atoms with Gasteiger partial charge in [0, 0.05) is 12.5 Å². The molecule has 70 valence electrons. The summed E-state index contributed by atoms with van der Waals surface area (Å²) in [6.07, 6.45) is 2.26. The minimum absolute atomic E-state index is 0.337. The van der Waals surface area contributed by atoms with Crippen molar-refractivity contribution in [3.05, 3.63) is 12.2 Å². The maximum absolute atomic E-state index is 10.1. The van der Waals surface area contributed by atoms with Crippen LogP contribution in [-0.4, -0.2) is 23.8 Å². The van der Waals surface area contributed by atoms with Crippen LogP contribution >= 0.6 is 0 Å². The van der Waals surface area contributed by atoms with Gasteiger partial charge in [-0.25, -0.2) is 0 Å². The summed E-state index contributed by atoms with van der Waals surface area (Å²) in [5, 5.41) is 13.4. The standard InChI is InChI=1S/C10H19NO/c1-8(2)10(3,12)9-5-4-6-11-7-9/h9,11-12H,1,4-7H2,2-3H3. The van der Waals surface area contributed by atoms with Gasteiger partial charge in [-0.2, -0.15) is 0 Å². The van der Waals surface area contributed by atoms with Gasteiger partial charge in [0.15, 0.2) is 0 Å². The zero-order valence-electron chi connectivity index (χ0n) is 8.06. The van der Waals surface area contributed by atoms with Gasteiger partial charge in [-0.3, -0.25) is 0 Å². The normalized spacial score (nSPS) is 29.4. The minimum Gasteiger partial charge on any atom is -0.385 e. The maximum Gasteiger partial charge on any atom is 0.0863 e. The van der Waals surface area contributed by atoms with E-state index >= 15 is 0 Å². The van der Waals surface area contributed by atoms with Crippen molar-refractivity contribution in [3.8, 4) is 0 Å². The first-order valence-electron chi connectivity index (χ1n) is 4.64. The Balaban J connectivity index is 2.59. The van der Waals surface area contributed by atoms with E-state index in [9.17, 15) is 5.11 Å². The van der Waals surface area contributed by atoms with E-state index in [-0.39, 0.29) is 0 Å². The van der Waals surface area contributed by atoms with E-state index in [0.717, 1.165) is 31.5 Å². The number of aliphatic hydroxyl groups is 1. The van der Waals surface area contributed by atoms with Crippen molar-refractivity contribution in [2.45, 2.75) is 32.3 Å². The van der Waals surface area contributed by atoms with Gasteiger partial charge in [0.05, 0.1) is 5.60 Å². The SMILES string of the molecule is C=C(C)C(C)(O)C1CCCNC1. The highest BCUT2D eigenvalue weighted by Gasteiger charge is 2.33. The first-order chi connectivity index (χ1) is 5.55. The van der Waals surface area contributed by atoms with Gasteiger partial charge >= 0.3 is 0 Å². The second-order valence-corrected chi connectivity index (χ2v) is 3.97. The van der Waals surface area contributed by atoms with Crippen molar-refractivity contribution in [3.63, 3.8) is 0 Å². The molecule has 0 amide bonds. The molecule has 2 unspecified atom stereocenters. The van der Waals surface area contributed by atoms with E-state index < -0.39 is 5.60 Å². The molecule has 2 atom stereocenters. The van der Waals surface area contributed by atoms with Crippen molar-refractivity contribution < 1.29 is 5.11 Å². The fraction of sp³-hybridized carbons (Fsp3) is 0.800. The molecule has 1 aliphatic rings. The molecular weight excluding hydrogens is 150 g/mol. The topological polar surface area (TPSA) is 32.3 Å². The third-order valence-corrected chi connectivity index (χ3v) is 2.96. The Morgan fingerprint density at radius 2 is 2.33 bits per heavy atom. The van der Waals surface area contributed by atoms with Gasteiger partial charge in [-0.05, 0) is 38.8 Å². The number of rotatable bonds is 2. The van der Waals surface area contributed by atoms with E-state index in [1.54, 1.807) is 0 Å². The Bertz CT molecular complexity index is 169. The highest BCUT2D eigenvalue weighted by molar-refractivity contribution is 5.10. The largest absolute Gasteiger partial charge is 0.385 e. The zero-order valence-corrected chi connectivity index (χ0v) is 8.06. The molecule has 0 bridgehead atoms. The summed E-state index contributed by atoms with van der Waals surface area (Å²) in [7, 11) is 0. The molecule has 2 N–H and O–H groups in total. The summed E-state index contributed by atoms with van der Waals surface area (Å²) in [5.41, 5.74) is 0.184. The van der Waals surface area contributed by atoms with Crippen molar-refractivity contribution in [1.82, 2.24) is 5.32 Å². The van der Waals surface area contributed by atoms with E-state index in [1.165, 1.54) is 0 Å². The Kier molecular flexibility index (Phi) is 2.91. The second-order valence-electron chi connectivity index (χ2n) is 3.97. The highest BCUT2D eigenvalue weighted by atomic mass is 16.3. The first-order valence-corrected chi connectivity index (χ1v) is 4.64. The predicted octanol–water partition coefficient (Wildman–Crippen LogP) is 1.31. The molecule has 1 rings (SSSR count). The van der Waals surface area contributed by atoms with Crippen LogP contribution in [0.2, 0.25) is 0 Å². The summed E-state index contributed by atoms with van der Waals surface area (Å²) in [6.45, 7) is 9.59. The van der Waals surface area contributed by atoms with E-state index in [4.69, 9.17) is 0 Å². The Morgan fingerprint density at radius 3 is 2.75 bits per heavy atom. The van der Waals surface area contributed by atoms with Gasteiger partial charge < -0.3 is 10.4 Å². The van der Waals surface area contributed by atoms with Crippen LogP contribution < -0.4 is 5.32 Å². The zero-order chi connectivity index (χ0) is 9.19. The Hall–Kier alpha value is -0.340. The fourth-order valence-corrected chi connectivity index (χ4v) is 1.68. The molecule has 1 fully saturated rings. The average Bonchev–Trinajstić information content (AvgIpc) is 2.06. The predicted molar refractivity (Wildman–Crippen MR) is 51.0 cm³/mol. The van der Waals surface area contributed by atoms with Crippen LogP contribution in [0.25, 0.3) is 0 Å². The molecule has 0 aliphatic carbocycles. The van der Waals surface area contributed by atoms with Crippen molar-refractivity contribution in [1.29, 1.82) is 0 Å². The van der Waals surface area contributed by atoms with Gasteiger partial charge in [-0.15, -0.1) is 0 Å². The van der Waals surface area contributed by atoms with Crippen LogP contribution in [0.3, 0.4) is 0 Å². The molecule has 0 aromatic heterocycles. The minimum atomic E-state index is -0.687. The third kappa shape index (κ3) is 1.87. The van der Waals surface area contributed by atoms with Gasteiger partial charge in [-0.1, -0.05) is 6.58 Å². The van der Waals surface area contributed by atoms with E-state index in [0.29, 0.717) is 5.92 Å². The lowest BCUT2D eigenvalue weighted by Gasteiger charge is -2.36. The quantitative estimate of drug-likeness (QED) is 0.611. The highest BCUT2D eigenvalue weighted by Crippen LogP contribution is 2.29. The lowest BCUT2D eigenvalue weighted by molar-refractivity contribution is 0.0237. The number of nitrogens with one attached hydrogen (secondary N) is 1. The van der Waals surface area contributed by atoms with Crippen LogP contribution in [0.5, 0.6) is 0 Å². The van der Waals surface area contributed by atoms with Crippen LogP contribution in [0, 0.1) is 5.92 Å². The molecule has 0 aromatic rings. The monoisotopic (exact) mass is 169 g/mol. The molecule has 0 radical (unpaired) electrons. The molecule has 2 heteroatoms. The summed E-state index contributed by atoms with van der Waals surface area (Å²) in [5.74, 6) is 0.337. The van der Waals surface area contributed by atoms with E-state index in [2.05, 4.69) is 11.9 Å². The second kappa shape index (κ2) is 3.58. The molecule has 0 saturated carbocycles. The van der Waals surface area contributed by atoms with Gasteiger partial charge in [0.1, 0.15) is 0 Å². The van der Waals surface area contributed by atoms with Crippen LogP contribution in [-0.2, 0) is 0 Å². The molecule has 0 spiro atoms. The van der Waals surface area contributed by atoms with Crippen molar-refractivity contribution in [2.75, 3.05) is 13.1 Å². The Morgan fingerprint density at radius 1 is 1.67 bits per heavy atom. The molecule has 1 saturated heterocycles. The lowest BCUT2D eigenvalue weighted by atomic mass is 9.79. The smallest absolute Gasteiger partial charge is 0.0863 e. The van der Waals surface area contributed by atoms with Crippen LogP contribution in [0.1, 0.15) is 26.7 Å². The molecule has 1 heterocycles. The summed E-state index contributed by atoms with van der Waals surface area (Å²) in [4.78, 5) is 0. The number of hydrogen-bond acceptors (Lipinski definition) is 2. The van der Waals surface area contributed by atoms with Crippen LogP contribution in [0.4, 0.5) is 0 Å². The third-order valence-electron chi connectivity index (χ3n) is 2.96. The molecular formula is C10H19NO. The average molecular weight is 169 g/mol. The van der Waals surface area contributed by atoms with Crippen molar-refractivity contribution >= 4 is 0 Å². The van der Waals surface area contributed by atoms with Crippen LogP contribution in [0.15, 0.2) is 12.2 Å². The first kappa shape index (κ1) is 9.75. The number of hydrogen-bond donors (Lipinski definition) is 2.